The third kappa shape index (κ3) is 4.20. The van der Waals surface area contributed by atoms with Crippen LogP contribution >= 0.6 is 0 Å². The van der Waals surface area contributed by atoms with Crippen LogP contribution in [0.4, 0.5) is 0 Å². The van der Waals surface area contributed by atoms with E-state index in [0.717, 1.165) is 0 Å². The molecule has 0 spiro atoms. The number of carbonyl (C=O) groups is 2. The summed E-state index contributed by atoms with van der Waals surface area (Å²) in [5.74, 6) is -0.727. The van der Waals surface area contributed by atoms with Crippen LogP contribution in [0.25, 0.3) is 11.6 Å². The highest BCUT2D eigenvalue weighted by molar-refractivity contribution is 6.20. The zero-order valence-corrected chi connectivity index (χ0v) is 12.8. The van der Waals surface area contributed by atoms with Crippen LogP contribution in [0.2, 0.25) is 0 Å². The van der Waals surface area contributed by atoms with Crippen molar-refractivity contribution < 1.29 is 24.2 Å². The fraction of sp³-hybridized carbons (Fsp3) is 0.111. The number of hydrogen-bond acceptors (Lipinski definition) is 4. The van der Waals surface area contributed by atoms with Gasteiger partial charge in [0.15, 0.2) is 0 Å². The molecule has 0 fully saturated rings. The molecule has 2 rings (SSSR count). The number of carbonyl (C=O) groups excluding carboxylic acids is 1. The van der Waals surface area contributed by atoms with Gasteiger partial charge in [-0.2, -0.15) is 0 Å². The molecule has 1 N–H and O–H groups in total. The number of esters is 1. The molecular weight excluding hydrogens is 296 g/mol. The number of carboxylic acid groups (broad SMARTS) is 1. The average molecular weight is 312 g/mol. The monoisotopic (exact) mass is 312 g/mol. The second kappa shape index (κ2) is 7.26. The molecule has 0 saturated heterocycles. The smallest absolute Gasteiger partial charge is 0.336 e. The van der Waals surface area contributed by atoms with Gasteiger partial charge in [-0.05, 0) is 23.8 Å². The minimum absolute atomic E-state index is 0.143. The number of aliphatic carboxylic acids is 1. The molecule has 2 aromatic carbocycles. The molecule has 0 saturated carbocycles. The molecular formula is C18H16O5. The van der Waals surface area contributed by atoms with Crippen LogP contribution in [0.1, 0.15) is 18.1 Å². The van der Waals surface area contributed by atoms with Crippen molar-refractivity contribution in [2.45, 2.75) is 6.92 Å². The topological polar surface area (TPSA) is 72.8 Å². The number of methoxy groups -OCH3 is 1. The summed E-state index contributed by atoms with van der Waals surface area (Å²) < 4.78 is 10.2. The second-order valence-corrected chi connectivity index (χ2v) is 4.73. The molecule has 0 aliphatic carbocycles. The van der Waals surface area contributed by atoms with E-state index < -0.39 is 11.9 Å². The maximum atomic E-state index is 11.5. The summed E-state index contributed by atoms with van der Waals surface area (Å²) in [6, 6.07) is 13.6. The van der Waals surface area contributed by atoms with E-state index in [0.29, 0.717) is 22.6 Å². The van der Waals surface area contributed by atoms with Crippen LogP contribution in [0, 0.1) is 0 Å². The molecule has 0 radical (unpaired) electrons. The van der Waals surface area contributed by atoms with Gasteiger partial charge in [-0.3, -0.25) is 4.79 Å². The lowest BCUT2D eigenvalue weighted by molar-refractivity contribution is -0.132. The maximum absolute atomic E-state index is 11.5. The van der Waals surface area contributed by atoms with Crippen molar-refractivity contribution in [1.29, 1.82) is 0 Å². The molecule has 2 aromatic rings. The van der Waals surface area contributed by atoms with Gasteiger partial charge in [0.1, 0.15) is 11.5 Å². The fourth-order valence-corrected chi connectivity index (χ4v) is 2.08. The van der Waals surface area contributed by atoms with Crippen molar-refractivity contribution in [3.8, 4) is 11.5 Å². The predicted octanol–water partition coefficient (Wildman–Crippen LogP) is 3.25. The molecule has 0 bridgehead atoms. The molecule has 0 heterocycles. The normalized spacial score (nSPS) is 11.0. The molecule has 5 nitrogen and oxygen atoms in total. The van der Waals surface area contributed by atoms with E-state index in [2.05, 4.69) is 0 Å². The highest BCUT2D eigenvalue weighted by Crippen LogP contribution is 2.29. The number of rotatable bonds is 5. The summed E-state index contributed by atoms with van der Waals surface area (Å²) in [4.78, 5) is 22.5. The maximum Gasteiger partial charge on any atom is 0.336 e. The molecule has 0 amide bonds. The zero-order valence-electron chi connectivity index (χ0n) is 12.8. The second-order valence-electron chi connectivity index (χ2n) is 4.73. The third-order valence-electron chi connectivity index (χ3n) is 3.08. The summed E-state index contributed by atoms with van der Waals surface area (Å²) >= 11 is 0. The lowest BCUT2D eigenvalue weighted by Crippen LogP contribution is -2.02. The largest absolute Gasteiger partial charge is 0.496 e. The van der Waals surface area contributed by atoms with Crippen LogP contribution in [0.3, 0.4) is 0 Å². The van der Waals surface area contributed by atoms with Gasteiger partial charge in [-0.25, -0.2) is 4.79 Å². The molecule has 0 unspecified atom stereocenters. The molecule has 23 heavy (non-hydrogen) atoms. The summed E-state index contributed by atoms with van der Waals surface area (Å²) in [7, 11) is 1.47. The Morgan fingerprint density at radius 2 is 1.78 bits per heavy atom. The van der Waals surface area contributed by atoms with Gasteiger partial charge in [0.2, 0.25) is 0 Å². The first-order chi connectivity index (χ1) is 11.0. The minimum Gasteiger partial charge on any atom is -0.496 e. The number of benzene rings is 2. The number of carboxylic acids is 1. The number of hydrogen-bond donors (Lipinski definition) is 1. The standard InChI is InChI=1S/C18H16O5/c1-12(19)23-15-9-8-14(17(11-15)22-2)10-16(18(20)21)13-6-4-3-5-7-13/h3-11H,1-2H3,(H,20,21)/b16-10-. The first-order valence-corrected chi connectivity index (χ1v) is 6.88. The molecule has 118 valence electrons. The van der Waals surface area contributed by atoms with Crippen LogP contribution < -0.4 is 9.47 Å². The van der Waals surface area contributed by atoms with E-state index in [4.69, 9.17) is 9.47 Å². The Hall–Kier alpha value is -3.08. The van der Waals surface area contributed by atoms with Crippen LogP contribution in [-0.2, 0) is 9.59 Å². The Bertz CT molecular complexity index is 747. The minimum atomic E-state index is -1.04. The summed E-state index contributed by atoms with van der Waals surface area (Å²) in [5, 5.41) is 9.45. The Kier molecular flexibility index (Phi) is 5.15. The SMILES string of the molecule is COc1cc(OC(C)=O)ccc1/C=C(\C(=O)O)c1ccccc1. The van der Waals surface area contributed by atoms with Gasteiger partial charge in [0, 0.05) is 18.6 Å². The van der Waals surface area contributed by atoms with Crippen LogP contribution in [0.15, 0.2) is 48.5 Å². The van der Waals surface area contributed by atoms with E-state index in [-0.39, 0.29) is 5.57 Å². The lowest BCUT2D eigenvalue weighted by Gasteiger charge is -2.09. The molecule has 5 heteroatoms. The fourth-order valence-electron chi connectivity index (χ4n) is 2.08. The van der Waals surface area contributed by atoms with Crippen LogP contribution in [0.5, 0.6) is 11.5 Å². The third-order valence-corrected chi connectivity index (χ3v) is 3.08. The molecule has 0 aliphatic rings. The first kappa shape index (κ1) is 16.3. The predicted molar refractivity (Wildman–Crippen MR) is 86.3 cm³/mol. The van der Waals surface area contributed by atoms with Gasteiger partial charge >= 0.3 is 11.9 Å². The first-order valence-electron chi connectivity index (χ1n) is 6.88. The number of ether oxygens (including phenoxy) is 2. The Morgan fingerprint density at radius 1 is 1.09 bits per heavy atom. The van der Waals surface area contributed by atoms with E-state index in [1.165, 1.54) is 26.2 Å². The Balaban J connectivity index is 2.46. The molecule has 0 aromatic heterocycles. The Morgan fingerprint density at radius 3 is 2.35 bits per heavy atom. The average Bonchev–Trinajstić information content (AvgIpc) is 2.53. The van der Waals surface area contributed by atoms with Gasteiger partial charge in [-0.1, -0.05) is 30.3 Å². The van der Waals surface area contributed by atoms with Crippen molar-refractivity contribution in [2.24, 2.45) is 0 Å². The van der Waals surface area contributed by atoms with Gasteiger partial charge < -0.3 is 14.6 Å². The van der Waals surface area contributed by atoms with Crippen molar-refractivity contribution in [1.82, 2.24) is 0 Å². The van der Waals surface area contributed by atoms with Crippen molar-refractivity contribution in [3.05, 3.63) is 59.7 Å². The van der Waals surface area contributed by atoms with E-state index in [9.17, 15) is 14.7 Å². The van der Waals surface area contributed by atoms with Gasteiger partial charge in [0.25, 0.3) is 0 Å². The summed E-state index contributed by atoms with van der Waals surface area (Å²) in [5.41, 5.74) is 1.31. The van der Waals surface area contributed by atoms with Crippen LogP contribution in [-0.4, -0.2) is 24.2 Å². The Labute approximate surface area is 133 Å². The van der Waals surface area contributed by atoms with E-state index in [1.54, 1.807) is 36.4 Å². The summed E-state index contributed by atoms with van der Waals surface area (Å²) in [6.45, 7) is 1.30. The highest BCUT2D eigenvalue weighted by Gasteiger charge is 2.12. The lowest BCUT2D eigenvalue weighted by atomic mass is 10.0. The van der Waals surface area contributed by atoms with Crippen molar-refractivity contribution in [3.63, 3.8) is 0 Å². The quantitative estimate of drug-likeness (QED) is 0.397. The molecule has 0 aliphatic heterocycles. The van der Waals surface area contributed by atoms with Crippen molar-refractivity contribution in [2.75, 3.05) is 7.11 Å². The zero-order chi connectivity index (χ0) is 16.8. The van der Waals surface area contributed by atoms with Gasteiger partial charge in [-0.15, -0.1) is 0 Å². The highest BCUT2D eigenvalue weighted by atomic mass is 16.5. The van der Waals surface area contributed by atoms with E-state index >= 15 is 0 Å². The summed E-state index contributed by atoms with van der Waals surface area (Å²) in [6.07, 6.45) is 1.52. The molecule has 0 atom stereocenters. The van der Waals surface area contributed by atoms with E-state index in [1.807, 2.05) is 6.07 Å². The van der Waals surface area contributed by atoms with Gasteiger partial charge in [0.05, 0.1) is 12.7 Å². The van der Waals surface area contributed by atoms with Crippen molar-refractivity contribution >= 4 is 23.6 Å².